The van der Waals surface area contributed by atoms with Gasteiger partial charge in [0.25, 0.3) is 0 Å². The number of nitro groups is 1. The Kier molecular flexibility index (Phi) is 5.40. The molecule has 138 valence electrons. The molecule has 0 aromatic heterocycles. The van der Waals surface area contributed by atoms with Crippen LogP contribution in [0.1, 0.15) is 31.7 Å². The molecule has 0 bridgehead atoms. The predicted octanol–water partition coefficient (Wildman–Crippen LogP) is 3.77. The molecule has 1 saturated carbocycles. The number of nitrogens with zero attached hydrogens (tertiary/aromatic N) is 1. The van der Waals surface area contributed by atoms with E-state index in [0.29, 0.717) is 12.8 Å². The number of esters is 1. The summed E-state index contributed by atoms with van der Waals surface area (Å²) in [6.07, 6.45) is 5.60. The molecule has 0 saturated heterocycles. The summed E-state index contributed by atoms with van der Waals surface area (Å²) in [5.41, 5.74) is 0.926. The second-order valence-corrected chi connectivity index (χ2v) is 6.79. The van der Waals surface area contributed by atoms with E-state index in [4.69, 9.17) is 4.74 Å². The van der Waals surface area contributed by atoms with Crippen LogP contribution in [0, 0.1) is 27.9 Å². The molecule has 0 amide bonds. The van der Waals surface area contributed by atoms with Gasteiger partial charge >= 0.3 is 5.97 Å². The monoisotopic (exact) mass is 357 g/mol. The van der Waals surface area contributed by atoms with Crippen molar-refractivity contribution in [3.05, 3.63) is 63.4 Å². The minimum atomic E-state index is -0.933. The Hall–Kier alpha value is -2.63. The van der Waals surface area contributed by atoms with Crippen molar-refractivity contribution < 1.29 is 19.6 Å². The number of hydrogen-bond donors (Lipinski definition) is 1. The van der Waals surface area contributed by atoms with Crippen molar-refractivity contribution in [2.75, 3.05) is 6.61 Å². The number of fused-ring (bicyclic) bond motifs is 1. The van der Waals surface area contributed by atoms with Gasteiger partial charge in [-0.25, -0.2) is 4.79 Å². The second kappa shape index (κ2) is 7.72. The van der Waals surface area contributed by atoms with E-state index in [1.807, 2.05) is 30.3 Å². The molecule has 26 heavy (non-hydrogen) atoms. The molecule has 3 rings (SSSR count). The summed E-state index contributed by atoms with van der Waals surface area (Å²) in [4.78, 5) is 24.1. The average Bonchev–Trinajstić information content (AvgIpc) is 3.10. The maximum Gasteiger partial charge on any atom is 0.338 e. The van der Waals surface area contributed by atoms with Crippen LogP contribution in [-0.2, 0) is 9.53 Å². The molecule has 1 aromatic rings. The zero-order chi connectivity index (χ0) is 18.7. The summed E-state index contributed by atoms with van der Waals surface area (Å²) in [6.45, 7) is 1.83. The highest BCUT2D eigenvalue weighted by Crippen LogP contribution is 2.48. The first-order valence-electron chi connectivity index (χ1n) is 9.01. The molecule has 6 heteroatoms. The van der Waals surface area contributed by atoms with Crippen LogP contribution in [0.3, 0.4) is 0 Å². The summed E-state index contributed by atoms with van der Waals surface area (Å²) in [5.74, 6) is -2.07. The third-order valence-electron chi connectivity index (χ3n) is 5.37. The maximum absolute atomic E-state index is 12.5. The zero-order valence-electron chi connectivity index (χ0n) is 14.7. The first-order chi connectivity index (χ1) is 12.5. The number of rotatable bonds is 5. The molecule has 2 aliphatic carbocycles. The fourth-order valence-corrected chi connectivity index (χ4v) is 4.27. The van der Waals surface area contributed by atoms with Crippen LogP contribution in [0.15, 0.2) is 47.7 Å². The number of carbonyl (C=O) groups is 1. The minimum absolute atomic E-state index is 0.0215. The highest BCUT2D eigenvalue weighted by Gasteiger charge is 2.53. The fourth-order valence-electron chi connectivity index (χ4n) is 4.27. The summed E-state index contributed by atoms with van der Waals surface area (Å²) < 4.78 is 5.10. The van der Waals surface area contributed by atoms with Crippen molar-refractivity contribution in [2.24, 2.45) is 17.8 Å². The molecule has 0 spiro atoms. The van der Waals surface area contributed by atoms with Crippen LogP contribution >= 0.6 is 0 Å². The lowest BCUT2D eigenvalue weighted by atomic mass is 9.71. The number of carbonyl (C=O) groups excluding carboxylic acids is 1. The Labute approximate surface area is 152 Å². The zero-order valence-corrected chi connectivity index (χ0v) is 14.7. The lowest BCUT2D eigenvalue weighted by Gasteiger charge is -2.34. The second-order valence-electron chi connectivity index (χ2n) is 6.79. The third kappa shape index (κ3) is 3.36. The number of benzene rings is 1. The van der Waals surface area contributed by atoms with Gasteiger partial charge in [0, 0.05) is 16.8 Å². The topological polar surface area (TPSA) is 89.7 Å². The molecule has 6 nitrogen and oxygen atoms in total. The molecule has 0 radical (unpaired) electrons. The van der Waals surface area contributed by atoms with E-state index in [1.54, 1.807) is 19.1 Å². The van der Waals surface area contributed by atoms with Crippen molar-refractivity contribution in [1.82, 2.24) is 0 Å². The SMILES string of the molecule is CCOC(=O)C1=C(O)[C@H]2CCC[C@H]2[C@H]([N+](=O)[O-])[C@@H]1/C=C/c1ccccc1. The summed E-state index contributed by atoms with van der Waals surface area (Å²) in [7, 11) is 0. The van der Waals surface area contributed by atoms with Gasteiger partial charge in [-0.3, -0.25) is 10.1 Å². The molecule has 1 fully saturated rings. The minimum Gasteiger partial charge on any atom is -0.511 e. The molecule has 4 atom stereocenters. The number of ether oxygens (including phenoxy) is 1. The van der Waals surface area contributed by atoms with Gasteiger partial charge in [0.1, 0.15) is 5.76 Å². The molecule has 1 N–H and O–H groups in total. The van der Waals surface area contributed by atoms with Crippen LogP contribution in [-0.4, -0.2) is 28.6 Å². The van der Waals surface area contributed by atoms with Crippen LogP contribution in [0.5, 0.6) is 0 Å². The van der Waals surface area contributed by atoms with Gasteiger partial charge in [-0.05, 0) is 25.3 Å². The molecule has 0 aliphatic heterocycles. The molecule has 0 heterocycles. The van der Waals surface area contributed by atoms with Crippen LogP contribution in [0.4, 0.5) is 0 Å². The first kappa shape index (κ1) is 18.2. The number of allylic oxidation sites excluding steroid dienone is 1. The van der Waals surface area contributed by atoms with Crippen LogP contribution in [0.2, 0.25) is 0 Å². The van der Waals surface area contributed by atoms with Gasteiger partial charge in [0.2, 0.25) is 6.04 Å². The first-order valence-corrected chi connectivity index (χ1v) is 9.01. The number of hydrogen-bond acceptors (Lipinski definition) is 5. The summed E-state index contributed by atoms with van der Waals surface area (Å²) in [5, 5.41) is 22.6. The van der Waals surface area contributed by atoms with E-state index >= 15 is 0 Å². The van der Waals surface area contributed by atoms with Crippen molar-refractivity contribution in [1.29, 1.82) is 0 Å². The van der Waals surface area contributed by atoms with E-state index < -0.39 is 17.9 Å². The van der Waals surface area contributed by atoms with Crippen LogP contribution < -0.4 is 0 Å². The smallest absolute Gasteiger partial charge is 0.338 e. The third-order valence-corrected chi connectivity index (χ3v) is 5.37. The summed E-state index contributed by atoms with van der Waals surface area (Å²) >= 11 is 0. The van der Waals surface area contributed by atoms with Crippen molar-refractivity contribution in [3.8, 4) is 0 Å². The van der Waals surface area contributed by atoms with Gasteiger partial charge in [-0.2, -0.15) is 0 Å². The highest BCUT2D eigenvalue weighted by molar-refractivity contribution is 5.90. The quantitative estimate of drug-likeness (QED) is 0.492. The Balaban J connectivity index is 2.05. The Morgan fingerprint density at radius 1 is 1.35 bits per heavy atom. The molecule has 1 aromatic carbocycles. The van der Waals surface area contributed by atoms with Gasteiger partial charge in [-0.1, -0.05) is 48.9 Å². The van der Waals surface area contributed by atoms with Gasteiger partial charge < -0.3 is 9.84 Å². The van der Waals surface area contributed by atoms with Crippen molar-refractivity contribution >= 4 is 12.0 Å². The van der Waals surface area contributed by atoms with Crippen LogP contribution in [0.25, 0.3) is 6.08 Å². The van der Waals surface area contributed by atoms with Gasteiger partial charge in [-0.15, -0.1) is 0 Å². The maximum atomic E-state index is 12.5. The Morgan fingerprint density at radius 2 is 2.08 bits per heavy atom. The van der Waals surface area contributed by atoms with Gasteiger partial charge in [0.05, 0.1) is 18.1 Å². The molecular formula is C20H23NO5. The van der Waals surface area contributed by atoms with Crippen molar-refractivity contribution in [2.45, 2.75) is 32.2 Å². The Morgan fingerprint density at radius 3 is 2.73 bits per heavy atom. The van der Waals surface area contributed by atoms with E-state index in [1.165, 1.54) is 0 Å². The molecule has 2 aliphatic rings. The molecule has 0 unspecified atom stereocenters. The fraction of sp³-hybridized carbons (Fsp3) is 0.450. The lowest BCUT2D eigenvalue weighted by Crippen LogP contribution is -2.45. The van der Waals surface area contributed by atoms with E-state index in [0.717, 1.165) is 12.0 Å². The number of aliphatic hydroxyl groups is 1. The predicted molar refractivity (Wildman–Crippen MR) is 96.9 cm³/mol. The molecular weight excluding hydrogens is 334 g/mol. The van der Waals surface area contributed by atoms with Gasteiger partial charge in [0.15, 0.2) is 0 Å². The number of aliphatic hydroxyl groups excluding tert-OH is 1. The Bertz CT molecular complexity index is 740. The standard InChI is InChI=1S/C20H23NO5/c1-2-26-20(23)17-16(12-11-13-7-4-3-5-8-13)18(21(24)25)14-9-6-10-15(14)19(17)22/h3-5,7-8,11-12,14-16,18,22H,2,6,9-10H2,1H3/b12-11+/t14-,15+,16-,18+/m1/s1. The lowest BCUT2D eigenvalue weighted by molar-refractivity contribution is -0.540. The average molecular weight is 357 g/mol. The summed E-state index contributed by atoms with van der Waals surface area (Å²) in [6, 6.07) is 8.46. The van der Waals surface area contributed by atoms with E-state index in [9.17, 15) is 20.0 Å². The normalized spacial score (nSPS) is 28.2. The van der Waals surface area contributed by atoms with E-state index in [2.05, 4.69) is 0 Å². The largest absolute Gasteiger partial charge is 0.511 e. The van der Waals surface area contributed by atoms with E-state index in [-0.39, 0.29) is 34.7 Å². The highest BCUT2D eigenvalue weighted by atomic mass is 16.6. The van der Waals surface area contributed by atoms with Crippen molar-refractivity contribution in [3.63, 3.8) is 0 Å².